The van der Waals surface area contributed by atoms with E-state index in [1.807, 2.05) is 30.3 Å². The summed E-state index contributed by atoms with van der Waals surface area (Å²) in [5.41, 5.74) is 2.22. The van der Waals surface area contributed by atoms with Crippen molar-refractivity contribution < 1.29 is 14.7 Å². The summed E-state index contributed by atoms with van der Waals surface area (Å²) in [5.74, 6) is -1.67. The van der Waals surface area contributed by atoms with Gasteiger partial charge in [-0.2, -0.15) is 0 Å². The van der Waals surface area contributed by atoms with Crippen molar-refractivity contribution in [3.63, 3.8) is 0 Å². The number of rotatable bonds is 4. The van der Waals surface area contributed by atoms with Crippen LogP contribution < -0.4 is 5.32 Å². The Morgan fingerprint density at radius 3 is 2.55 bits per heavy atom. The van der Waals surface area contributed by atoms with Crippen molar-refractivity contribution in [2.45, 2.75) is 0 Å². The minimum Gasteiger partial charge on any atom is -0.478 e. The molecular weight excluding hydrogens is 256 g/mol. The molecule has 0 aliphatic carbocycles. The Morgan fingerprint density at radius 2 is 1.85 bits per heavy atom. The number of benzene rings is 1. The molecule has 0 bridgehead atoms. The molecule has 0 saturated carbocycles. The number of anilines is 1. The maximum Gasteiger partial charge on any atom is 0.328 e. The maximum absolute atomic E-state index is 11.5. The first-order valence-corrected chi connectivity index (χ1v) is 5.88. The van der Waals surface area contributed by atoms with Crippen molar-refractivity contribution in [3.8, 4) is 11.3 Å². The summed E-state index contributed by atoms with van der Waals surface area (Å²) in [6, 6.07) is 12.9. The first-order valence-electron chi connectivity index (χ1n) is 5.88. The summed E-state index contributed by atoms with van der Waals surface area (Å²) in [6.45, 7) is 0. The van der Waals surface area contributed by atoms with E-state index in [0.29, 0.717) is 5.69 Å². The van der Waals surface area contributed by atoms with Gasteiger partial charge in [0.15, 0.2) is 0 Å². The Morgan fingerprint density at radius 1 is 1.10 bits per heavy atom. The number of amides is 1. The number of hydrogen-bond donors (Lipinski definition) is 2. The van der Waals surface area contributed by atoms with Gasteiger partial charge >= 0.3 is 5.97 Å². The van der Waals surface area contributed by atoms with E-state index < -0.39 is 11.9 Å². The van der Waals surface area contributed by atoms with Crippen LogP contribution in [0.1, 0.15) is 0 Å². The third-order valence-corrected chi connectivity index (χ3v) is 2.47. The predicted molar refractivity (Wildman–Crippen MR) is 75.1 cm³/mol. The zero-order valence-electron chi connectivity index (χ0n) is 10.5. The minimum absolute atomic E-state index is 0.502. The maximum atomic E-state index is 11.5. The van der Waals surface area contributed by atoms with Gasteiger partial charge in [-0.1, -0.05) is 30.3 Å². The van der Waals surface area contributed by atoms with E-state index >= 15 is 0 Å². The van der Waals surface area contributed by atoms with Crippen LogP contribution in [-0.4, -0.2) is 22.0 Å². The molecule has 100 valence electrons. The standard InChI is InChI=1S/C15H12N2O3/c18-14(6-7-15(19)20)17-12-8-9-16-13(10-12)11-4-2-1-3-5-11/h1-10H,(H,19,20)(H,16,17,18). The number of pyridine rings is 1. The lowest BCUT2D eigenvalue weighted by atomic mass is 10.1. The number of nitrogens with one attached hydrogen (secondary N) is 1. The van der Waals surface area contributed by atoms with Gasteiger partial charge in [-0.25, -0.2) is 4.79 Å². The van der Waals surface area contributed by atoms with E-state index in [-0.39, 0.29) is 0 Å². The first kappa shape index (κ1) is 13.5. The SMILES string of the molecule is O=C(O)C=CC(=O)Nc1ccnc(-c2ccccc2)c1. The molecule has 0 aliphatic heterocycles. The highest BCUT2D eigenvalue weighted by molar-refractivity contribution is 6.02. The lowest BCUT2D eigenvalue weighted by Crippen LogP contribution is -2.08. The number of carbonyl (C=O) groups excluding carboxylic acids is 1. The highest BCUT2D eigenvalue weighted by atomic mass is 16.4. The molecule has 2 N–H and O–H groups in total. The van der Waals surface area contributed by atoms with Gasteiger partial charge in [0.1, 0.15) is 0 Å². The highest BCUT2D eigenvalue weighted by Crippen LogP contribution is 2.19. The van der Waals surface area contributed by atoms with Crippen LogP contribution in [0.25, 0.3) is 11.3 Å². The van der Waals surface area contributed by atoms with Crippen molar-refractivity contribution in [3.05, 3.63) is 60.8 Å². The van der Waals surface area contributed by atoms with E-state index in [0.717, 1.165) is 23.4 Å². The molecule has 0 aliphatic rings. The lowest BCUT2D eigenvalue weighted by molar-refractivity contribution is -0.131. The van der Waals surface area contributed by atoms with Crippen LogP contribution in [0.5, 0.6) is 0 Å². The number of hydrogen-bond acceptors (Lipinski definition) is 3. The van der Waals surface area contributed by atoms with Crippen LogP contribution in [-0.2, 0) is 9.59 Å². The van der Waals surface area contributed by atoms with E-state index in [2.05, 4.69) is 10.3 Å². The molecule has 1 heterocycles. The molecule has 1 aromatic heterocycles. The molecule has 1 aromatic carbocycles. The molecule has 2 rings (SSSR count). The van der Waals surface area contributed by atoms with Crippen LogP contribution in [0.2, 0.25) is 0 Å². The molecule has 0 fully saturated rings. The van der Waals surface area contributed by atoms with Crippen LogP contribution in [0.15, 0.2) is 60.8 Å². The van der Waals surface area contributed by atoms with Gasteiger partial charge in [0.05, 0.1) is 5.69 Å². The summed E-state index contributed by atoms with van der Waals surface area (Å²) >= 11 is 0. The largest absolute Gasteiger partial charge is 0.478 e. The summed E-state index contributed by atoms with van der Waals surface area (Å²) in [7, 11) is 0. The van der Waals surface area contributed by atoms with Crippen LogP contribution >= 0.6 is 0 Å². The normalized spacial score (nSPS) is 10.4. The van der Waals surface area contributed by atoms with Crippen molar-refractivity contribution >= 4 is 17.6 Å². The molecule has 0 atom stereocenters. The second-order valence-electron chi connectivity index (χ2n) is 3.96. The number of carbonyl (C=O) groups is 2. The van der Waals surface area contributed by atoms with Crippen LogP contribution in [0.4, 0.5) is 5.69 Å². The molecule has 1 amide bonds. The molecule has 5 heteroatoms. The van der Waals surface area contributed by atoms with Gasteiger partial charge in [-0.15, -0.1) is 0 Å². The molecule has 0 saturated heterocycles. The Bertz CT molecular complexity index is 651. The average molecular weight is 268 g/mol. The quantitative estimate of drug-likeness (QED) is 0.834. The molecular formula is C15H12N2O3. The molecule has 5 nitrogen and oxygen atoms in total. The highest BCUT2D eigenvalue weighted by Gasteiger charge is 2.02. The van der Waals surface area contributed by atoms with Crippen LogP contribution in [0, 0.1) is 0 Å². The zero-order valence-corrected chi connectivity index (χ0v) is 10.5. The van der Waals surface area contributed by atoms with Crippen molar-refractivity contribution in [2.75, 3.05) is 5.32 Å². The summed E-state index contributed by atoms with van der Waals surface area (Å²) in [6.07, 6.45) is 3.33. The monoisotopic (exact) mass is 268 g/mol. The first-order chi connectivity index (χ1) is 9.65. The Labute approximate surface area is 115 Å². The average Bonchev–Trinajstić information content (AvgIpc) is 2.46. The predicted octanol–water partition coefficient (Wildman–Crippen LogP) is 2.33. The topological polar surface area (TPSA) is 79.3 Å². The van der Waals surface area contributed by atoms with E-state index in [1.54, 1.807) is 18.3 Å². The van der Waals surface area contributed by atoms with E-state index in [4.69, 9.17) is 5.11 Å². The fourth-order valence-corrected chi connectivity index (χ4v) is 1.61. The smallest absolute Gasteiger partial charge is 0.328 e. The van der Waals surface area contributed by atoms with Crippen molar-refractivity contribution in [2.24, 2.45) is 0 Å². The molecule has 0 radical (unpaired) electrons. The number of carboxylic acids is 1. The Hall–Kier alpha value is -2.95. The third-order valence-electron chi connectivity index (χ3n) is 2.47. The fraction of sp³-hybridized carbons (Fsp3) is 0. The van der Waals surface area contributed by atoms with Gasteiger partial charge in [-0.3, -0.25) is 9.78 Å². The van der Waals surface area contributed by atoms with Crippen molar-refractivity contribution in [1.82, 2.24) is 4.98 Å². The second kappa shape index (κ2) is 6.29. The number of nitrogens with zero attached hydrogens (tertiary/aromatic N) is 1. The number of aliphatic carboxylic acids is 1. The summed E-state index contributed by atoms with van der Waals surface area (Å²) in [5, 5.41) is 11.0. The minimum atomic E-state index is -1.17. The zero-order chi connectivity index (χ0) is 14.4. The van der Waals surface area contributed by atoms with E-state index in [9.17, 15) is 9.59 Å². The lowest BCUT2D eigenvalue weighted by Gasteiger charge is -2.05. The van der Waals surface area contributed by atoms with Crippen molar-refractivity contribution in [1.29, 1.82) is 0 Å². The fourth-order valence-electron chi connectivity index (χ4n) is 1.61. The van der Waals surface area contributed by atoms with Gasteiger partial charge in [0.25, 0.3) is 0 Å². The molecule has 0 spiro atoms. The third kappa shape index (κ3) is 3.78. The van der Waals surface area contributed by atoms with Gasteiger partial charge in [-0.05, 0) is 12.1 Å². The molecule has 20 heavy (non-hydrogen) atoms. The van der Waals surface area contributed by atoms with Crippen LogP contribution in [0.3, 0.4) is 0 Å². The Balaban J connectivity index is 2.15. The summed E-state index contributed by atoms with van der Waals surface area (Å²) in [4.78, 5) is 26.0. The summed E-state index contributed by atoms with van der Waals surface area (Å²) < 4.78 is 0. The van der Waals surface area contributed by atoms with Gasteiger partial charge in [0.2, 0.25) is 5.91 Å². The number of aromatic nitrogens is 1. The molecule has 0 unspecified atom stereocenters. The molecule has 2 aromatic rings. The van der Waals surface area contributed by atoms with Gasteiger partial charge in [0, 0.05) is 29.6 Å². The second-order valence-corrected chi connectivity index (χ2v) is 3.96. The van der Waals surface area contributed by atoms with Gasteiger partial charge < -0.3 is 10.4 Å². The van der Waals surface area contributed by atoms with E-state index in [1.165, 1.54) is 0 Å². The Kier molecular flexibility index (Phi) is 4.24. The number of carboxylic acid groups (broad SMARTS) is 1.